The molecule has 0 aliphatic rings. The van der Waals surface area contributed by atoms with Crippen molar-refractivity contribution in [3.63, 3.8) is 0 Å². The molecule has 0 spiro atoms. The summed E-state index contributed by atoms with van der Waals surface area (Å²) in [6.45, 7) is 2.54. The number of nitrogens with one attached hydrogen (secondary N) is 1. The summed E-state index contributed by atoms with van der Waals surface area (Å²) in [5, 5.41) is 12.9. The second-order valence-electron chi connectivity index (χ2n) is 3.77. The molecule has 1 aromatic carbocycles. The van der Waals surface area contributed by atoms with Gasteiger partial charge in [0.1, 0.15) is 18.1 Å². The fourth-order valence-corrected chi connectivity index (χ4v) is 1.55. The van der Waals surface area contributed by atoms with Gasteiger partial charge in [0.25, 0.3) is 0 Å². The van der Waals surface area contributed by atoms with Gasteiger partial charge in [0.15, 0.2) is 0 Å². The number of aromatic hydroxyl groups is 1. The number of nitrogens with two attached hydrogens (primary N) is 1. The Hall–Kier alpha value is -1.95. The number of hydrogen-bond donors (Lipinski definition) is 3. The first kappa shape index (κ1) is 14.1. The van der Waals surface area contributed by atoms with Crippen LogP contribution in [-0.4, -0.2) is 31.5 Å². The lowest BCUT2D eigenvalue weighted by Gasteiger charge is -2.16. The number of hydrogen-bond acceptors (Lipinski definition) is 5. The summed E-state index contributed by atoms with van der Waals surface area (Å²) in [6.07, 6.45) is -0.795. The molecule has 4 N–H and O–H groups in total. The minimum atomic E-state index is -0.795. The van der Waals surface area contributed by atoms with E-state index in [2.05, 4.69) is 10.1 Å². The van der Waals surface area contributed by atoms with Gasteiger partial charge in [-0.15, -0.1) is 0 Å². The Bertz CT molecular complexity index is 409. The Labute approximate surface area is 106 Å². The number of benzene rings is 1. The van der Waals surface area contributed by atoms with E-state index in [0.29, 0.717) is 12.3 Å². The van der Waals surface area contributed by atoms with Gasteiger partial charge in [0.2, 0.25) is 0 Å². The molecule has 0 bridgehead atoms. The van der Waals surface area contributed by atoms with E-state index in [1.54, 1.807) is 18.2 Å². The summed E-state index contributed by atoms with van der Waals surface area (Å²) in [7, 11) is 1.54. The van der Waals surface area contributed by atoms with Crippen LogP contribution < -0.4 is 15.8 Å². The smallest absolute Gasteiger partial charge is 0.404 e. The van der Waals surface area contributed by atoms with Crippen LogP contribution in [0.25, 0.3) is 0 Å². The molecule has 1 amide bonds. The van der Waals surface area contributed by atoms with Gasteiger partial charge in [-0.3, -0.25) is 0 Å². The van der Waals surface area contributed by atoms with Crippen molar-refractivity contribution >= 4 is 6.09 Å². The zero-order valence-corrected chi connectivity index (χ0v) is 10.5. The number of ether oxygens (including phenoxy) is 2. The monoisotopic (exact) mass is 254 g/mol. The van der Waals surface area contributed by atoms with E-state index in [0.717, 1.165) is 5.56 Å². The van der Waals surface area contributed by atoms with Crippen molar-refractivity contribution < 1.29 is 19.4 Å². The van der Waals surface area contributed by atoms with Crippen molar-refractivity contribution in [3.8, 4) is 11.5 Å². The first-order valence-electron chi connectivity index (χ1n) is 5.57. The minimum Gasteiger partial charge on any atom is -0.507 e. The SMILES string of the molecule is COc1ccc(C(C)NCCOC(N)=O)c(O)c1. The van der Waals surface area contributed by atoms with Crippen LogP contribution in [0.3, 0.4) is 0 Å². The predicted octanol–water partition coefficient (Wildman–Crippen LogP) is 1.15. The first-order valence-corrected chi connectivity index (χ1v) is 5.57. The van der Waals surface area contributed by atoms with E-state index in [-0.39, 0.29) is 18.4 Å². The lowest BCUT2D eigenvalue weighted by Crippen LogP contribution is -2.26. The Balaban J connectivity index is 2.50. The Kier molecular flexibility index (Phi) is 5.26. The van der Waals surface area contributed by atoms with E-state index >= 15 is 0 Å². The fraction of sp³-hybridized carbons (Fsp3) is 0.417. The third-order valence-electron chi connectivity index (χ3n) is 2.50. The normalized spacial score (nSPS) is 11.9. The number of carbonyl (C=O) groups excluding carboxylic acids is 1. The van der Waals surface area contributed by atoms with E-state index in [1.165, 1.54) is 7.11 Å². The standard InChI is InChI=1S/C12H18N2O4/c1-8(14-5-6-18-12(13)16)10-4-3-9(17-2)7-11(10)15/h3-4,7-8,14-15H,5-6H2,1-2H3,(H2,13,16). The van der Waals surface area contributed by atoms with Crippen molar-refractivity contribution in [1.82, 2.24) is 5.32 Å². The molecule has 0 radical (unpaired) electrons. The topological polar surface area (TPSA) is 93.8 Å². The van der Waals surface area contributed by atoms with Gasteiger partial charge in [-0.2, -0.15) is 0 Å². The molecule has 0 aliphatic carbocycles. The quantitative estimate of drug-likeness (QED) is 0.662. The molecule has 18 heavy (non-hydrogen) atoms. The molecule has 0 fully saturated rings. The number of rotatable bonds is 6. The van der Waals surface area contributed by atoms with Crippen LogP contribution in [0.1, 0.15) is 18.5 Å². The van der Waals surface area contributed by atoms with Crippen LogP contribution in [0.15, 0.2) is 18.2 Å². The molecule has 6 heteroatoms. The average Bonchev–Trinajstić information content (AvgIpc) is 2.33. The number of amides is 1. The van der Waals surface area contributed by atoms with Gasteiger partial charge in [-0.25, -0.2) is 4.79 Å². The van der Waals surface area contributed by atoms with E-state index in [4.69, 9.17) is 10.5 Å². The number of methoxy groups -OCH3 is 1. The molecular weight excluding hydrogens is 236 g/mol. The molecule has 1 rings (SSSR count). The minimum absolute atomic E-state index is 0.0765. The molecule has 0 aromatic heterocycles. The summed E-state index contributed by atoms with van der Waals surface area (Å²) in [4.78, 5) is 10.4. The molecule has 0 saturated carbocycles. The first-order chi connectivity index (χ1) is 8.54. The van der Waals surface area contributed by atoms with Crippen LogP contribution in [0.2, 0.25) is 0 Å². The Morgan fingerprint density at radius 2 is 2.28 bits per heavy atom. The summed E-state index contributed by atoms with van der Waals surface area (Å²) in [6, 6.07) is 5.02. The lowest BCUT2D eigenvalue weighted by atomic mass is 10.1. The maximum Gasteiger partial charge on any atom is 0.404 e. The highest BCUT2D eigenvalue weighted by Crippen LogP contribution is 2.27. The highest BCUT2D eigenvalue weighted by Gasteiger charge is 2.10. The summed E-state index contributed by atoms with van der Waals surface area (Å²) in [5.74, 6) is 0.755. The van der Waals surface area contributed by atoms with E-state index in [1.807, 2.05) is 6.92 Å². The zero-order valence-electron chi connectivity index (χ0n) is 10.5. The molecule has 6 nitrogen and oxygen atoms in total. The third kappa shape index (κ3) is 4.14. The van der Waals surface area contributed by atoms with Crippen LogP contribution in [0, 0.1) is 0 Å². The van der Waals surface area contributed by atoms with Crippen molar-refractivity contribution in [1.29, 1.82) is 0 Å². The fourth-order valence-electron chi connectivity index (χ4n) is 1.55. The van der Waals surface area contributed by atoms with E-state index in [9.17, 15) is 9.90 Å². The average molecular weight is 254 g/mol. The van der Waals surface area contributed by atoms with Gasteiger partial charge in [-0.1, -0.05) is 6.07 Å². The molecular formula is C12H18N2O4. The summed E-state index contributed by atoms with van der Waals surface area (Å²) in [5.41, 5.74) is 5.58. The highest BCUT2D eigenvalue weighted by atomic mass is 16.5. The van der Waals surface area contributed by atoms with Gasteiger partial charge in [0, 0.05) is 24.2 Å². The van der Waals surface area contributed by atoms with Crippen LogP contribution in [0.5, 0.6) is 11.5 Å². The predicted molar refractivity (Wildman–Crippen MR) is 66.6 cm³/mol. The molecule has 0 saturated heterocycles. The maximum absolute atomic E-state index is 10.4. The lowest BCUT2D eigenvalue weighted by molar-refractivity contribution is 0.156. The van der Waals surface area contributed by atoms with Crippen molar-refractivity contribution in [2.45, 2.75) is 13.0 Å². The van der Waals surface area contributed by atoms with Gasteiger partial charge >= 0.3 is 6.09 Å². The van der Waals surface area contributed by atoms with Gasteiger partial charge in [0.05, 0.1) is 7.11 Å². The highest BCUT2D eigenvalue weighted by molar-refractivity contribution is 5.64. The van der Waals surface area contributed by atoms with Crippen molar-refractivity contribution in [2.75, 3.05) is 20.3 Å². The number of carbonyl (C=O) groups is 1. The van der Waals surface area contributed by atoms with Crippen LogP contribution in [0.4, 0.5) is 4.79 Å². The second-order valence-corrected chi connectivity index (χ2v) is 3.77. The molecule has 0 aliphatic heterocycles. The Morgan fingerprint density at radius 3 is 2.83 bits per heavy atom. The molecule has 1 aromatic rings. The summed E-state index contributed by atoms with van der Waals surface area (Å²) < 4.78 is 9.59. The summed E-state index contributed by atoms with van der Waals surface area (Å²) >= 11 is 0. The number of primary amides is 1. The molecule has 1 atom stereocenters. The van der Waals surface area contributed by atoms with Gasteiger partial charge in [-0.05, 0) is 13.0 Å². The van der Waals surface area contributed by atoms with E-state index < -0.39 is 6.09 Å². The molecule has 0 heterocycles. The van der Waals surface area contributed by atoms with Crippen LogP contribution >= 0.6 is 0 Å². The maximum atomic E-state index is 10.4. The Morgan fingerprint density at radius 1 is 1.56 bits per heavy atom. The third-order valence-corrected chi connectivity index (χ3v) is 2.50. The second kappa shape index (κ2) is 6.70. The number of phenols is 1. The van der Waals surface area contributed by atoms with Crippen molar-refractivity contribution in [3.05, 3.63) is 23.8 Å². The molecule has 100 valence electrons. The van der Waals surface area contributed by atoms with Gasteiger partial charge < -0.3 is 25.6 Å². The van der Waals surface area contributed by atoms with Crippen molar-refractivity contribution in [2.24, 2.45) is 5.73 Å². The zero-order chi connectivity index (χ0) is 13.5. The number of phenolic OH excluding ortho intramolecular Hbond substituents is 1. The largest absolute Gasteiger partial charge is 0.507 e. The molecule has 1 unspecified atom stereocenters. The van der Waals surface area contributed by atoms with Crippen LogP contribution in [-0.2, 0) is 4.74 Å².